The highest BCUT2D eigenvalue weighted by molar-refractivity contribution is 4.90. The maximum atomic E-state index is 5.49. The maximum absolute atomic E-state index is 5.49. The lowest BCUT2D eigenvalue weighted by atomic mass is 9.78. The van der Waals surface area contributed by atoms with Crippen molar-refractivity contribution in [3.8, 4) is 0 Å². The molecule has 2 rings (SSSR count). The van der Waals surface area contributed by atoms with E-state index in [1.165, 1.54) is 51.4 Å². The van der Waals surface area contributed by atoms with E-state index in [-0.39, 0.29) is 0 Å². The first kappa shape index (κ1) is 9.51. The summed E-state index contributed by atoms with van der Waals surface area (Å²) in [6.45, 7) is 3.48. The first-order valence-electron chi connectivity index (χ1n) is 5.93. The highest BCUT2D eigenvalue weighted by Gasteiger charge is 2.42. The summed E-state index contributed by atoms with van der Waals surface area (Å²) in [5, 5.41) is 0. The molecule has 1 nitrogen and oxygen atoms in total. The second-order valence-electron chi connectivity index (χ2n) is 5.10. The summed E-state index contributed by atoms with van der Waals surface area (Å²) in [6.07, 6.45) is 12.1. The van der Waals surface area contributed by atoms with Crippen molar-refractivity contribution in [2.24, 2.45) is 5.41 Å². The molecule has 1 aliphatic carbocycles. The first-order valence-corrected chi connectivity index (χ1v) is 5.93. The van der Waals surface area contributed by atoms with Gasteiger partial charge in [-0.3, -0.25) is 0 Å². The summed E-state index contributed by atoms with van der Waals surface area (Å²) >= 11 is 0. The van der Waals surface area contributed by atoms with Gasteiger partial charge in [-0.2, -0.15) is 0 Å². The minimum absolute atomic E-state index is 0.532. The molecule has 1 unspecified atom stereocenters. The van der Waals surface area contributed by atoms with E-state index in [1.807, 2.05) is 0 Å². The predicted molar refractivity (Wildman–Crippen MR) is 54.8 cm³/mol. The topological polar surface area (TPSA) is 12.5 Å². The van der Waals surface area contributed by atoms with Gasteiger partial charge in [0.15, 0.2) is 0 Å². The molecule has 1 heterocycles. The van der Waals surface area contributed by atoms with Gasteiger partial charge in [-0.25, -0.2) is 0 Å². The van der Waals surface area contributed by atoms with E-state index < -0.39 is 0 Å². The Morgan fingerprint density at radius 2 is 1.38 bits per heavy atom. The van der Waals surface area contributed by atoms with Crippen LogP contribution in [0, 0.1) is 5.41 Å². The summed E-state index contributed by atoms with van der Waals surface area (Å²) < 4.78 is 5.49. The largest absolute Gasteiger partial charge is 0.373 e. The maximum Gasteiger partial charge on any atom is 0.0863 e. The Morgan fingerprint density at radius 3 is 1.85 bits per heavy atom. The molecule has 1 saturated heterocycles. The van der Waals surface area contributed by atoms with Crippen LogP contribution in [0.5, 0.6) is 0 Å². The molecule has 0 N–H and O–H groups in total. The van der Waals surface area contributed by atoms with E-state index in [0.29, 0.717) is 11.5 Å². The Bertz CT molecular complexity index is 151. The average molecular weight is 182 g/mol. The molecule has 0 amide bonds. The summed E-state index contributed by atoms with van der Waals surface area (Å²) in [5.74, 6) is 0. The molecule has 0 aromatic rings. The van der Waals surface area contributed by atoms with Crippen molar-refractivity contribution in [3.05, 3.63) is 0 Å². The summed E-state index contributed by atoms with van der Waals surface area (Å²) in [7, 11) is 0. The molecule has 1 saturated carbocycles. The molecule has 13 heavy (non-hydrogen) atoms. The van der Waals surface area contributed by atoms with Crippen molar-refractivity contribution in [3.63, 3.8) is 0 Å². The van der Waals surface area contributed by atoms with Gasteiger partial charge in [0.25, 0.3) is 0 Å². The van der Waals surface area contributed by atoms with Crippen LogP contribution < -0.4 is 0 Å². The van der Waals surface area contributed by atoms with Crippen LogP contribution in [-0.2, 0) is 4.74 Å². The van der Waals surface area contributed by atoms with Crippen LogP contribution in [0.4, 0.5) is 0 Å². The van der Waals surface area contributed by atoms with Gasteiger partial charge in [-0.1, -0.05) is 45.4 Å². The third-order valence-corrected chi connectivity index (χ3v) is 3.86. The molecule has 2 aliphatic rings. The van der Waals surface area contributed by atoms with Gasteiger partial charge >= 0.3 is 0 Å². The Kier molecular flexibility index (Phi) is 2.92. The Hall–Kier alpha value is -0.0400. The van der Waals surface area contributed by atoms with Gasteiger partial charge in [-0.15, -0.1) is 0 Å². The van der Waals surface area contributed by atoms with Crippen molar-refractivity contribution in [2.75, 3.05) is 6.61 Å². The minimum atomic E-state index is 0.532. The lowest BCUT2D eigenvalue weighted by Crippen LogP contribution is -2.23. The number of epoxide rings is 1. The Labute approximate surface area is 81.9 Å². The predicted octanol–water partition coefficient (Wildman–Crippen LogP) is 3.53. The zero-order valence-corrected chi connectivity index (χ0v) is 8.85. The van der Waals surface area contributed by atoms with E-state index in [2.05, 4.69) is 6.92 Å². The van der Waals surface area contributed by atoms with E-state index in [9.17, 15) is 0 Å². The molecule has 0 bridgehead atoms. The summed E-state index contributed by atoms with van der Waals surface area (Å²) in [5.41, 5.74) is 0.532. The zero-order valence-electron chi connectivity index (χ0n) is 8.85. The average Bonchev–Trinajstić information content (AvgIpc) is 2.92. The van der Waals surface area contributed by atoms with Crippen LogP contribution in [0.1, 0.15) is 58.3 Å². The van der Waals surface area contributed by atoms with E-state index in [1.54, 1.807) is 0 Å². The van der Waals surface area contributed by atoms with Crippen molar-refractivity contribution in [2.45, 2.75) is 64.4 Å². The molecule has 0 spiro atoms. The van der Waals surface area contributed by atoms with Gasteiger partial charge in [0, 0.05) is 0 Å². The van der Waals surface area contributed by atoms with Crippen molar-refractivity contribution >= 4 is 0 Å². The fourth-order valence-corrected chi connectivity index (χ4v) is 2.66. The van der Waals surface area contributed by atoms with Crippen molar-refractivity contribution in [1.82, 2.24) is 0 Å². The second kappa shape index (κ2) is 4.00. The van der Waals surface area contributed by atoms with E-state index in [4.69, 9.17) is 4.74 Å². The molecule has 0 aromatic heterocycles. The fourth-order valence-electron chi connectivity index (χ4n) is 2.66. The molecule has 0 radical (unpaired) electrons. The van der Waals surface area contributed by atoms with Crippen LogP contribution in [0.2, 0.25) is 0 Å². The smallest absolute Gasteiger partial charge is 0.0863 e. The highest BCUT2D eigenvalue weighted by atomic mass is 16.6. The quantitative estimate of drug-likeness (QED) is 0.565. The SMILES string of the molecule is CC1(C2CO2)CCCCCCCC1. The van der Waals surface area contributed by atoms with E-state index >= 15 is 0 Å². The van der Waals surface area contributed by atoms with Gasteiger partial charge in [0.05, 0.1) is 12.7 Å². The normalized spacial score (nSPS) is 34.4. The third kappa shape index (κ3) is 2.46. The summed E-state index contributed by atoms with van der Waals surface area (Å²) in [4.78, 5) is 0. The highest BCUT2D eigenvalue weighted by Crippen LogP contribution is 2.42. The monoisotopic (exact) mass is 182 g/mol. The van der Waals surface area contributed by atoms with Crippen LogP contribution in [0.15, 0.2) is 0 Å². The summed E-state index contributed by atoms with van der Waals surface area (Å²) in [6, 6.07) is 0. The number of hydrogen-bond acceptors (Lipinski definition) is 1. The zero-order chi connectivity index (χ0) is 9.15. The van der Waals surface area contributed by atoms with Gasteiger partial charge in [0.1, 0.15) is 0 Å². The lowest BCUT2D eigenvalue weighted by Gasteiger charge is -2.27. The molecular formula is C12H22O. The molecule has 1 aliphatic heterocycles. The molecule has 1 atom stereocenters. The van der Waals surface area contributed by atoms with Gasteiger partial charge in [-0.05, 0) is 18.3 Å². The lowest BCUT2D eigenvalue weighted by molar-refractivity contribution is 0.181. The molecule has 1 heteroatoms. The standard InChI is InChI=1S/C12H22O/c1-12(11-10-13-11)8-6-4-2-3-5-7-9-12/h11H,2-10H2,1H3. The van der Waals surface area contributed by atoms with Crippen LogP contribution in [0.25, 0.3) is 0 Å². The Balaban J connectivity index is 1.90. The Morgan fingerprint density at radius 1 is 0.923 bits per heavy atom. The molecule has 0 aromatic carbocycles. The molecule has 2 fully saturated rings. The number of rotatable bonds is 1. The van der Waals surface area contributed by atoms with Crippen LogP contribution in [-0.4, -0.2) is 12.7 Å². The second-order valence-corrected chi connectivity index (χ2v) is 5.10. The minimum Gasteiger partial charge on any atom is -0.373 e. The van der Waals surface area contributed by atoms with Crippen molar-refractivity contribution in [1.29, 1.82) is 0 Å². The number of hydrogen-bond donors (Lipinski definition) is 0. The third-order valence-electron chi connectivity index (χ3n) is 3.86. The molecular weight excluding hydrogens is 160 g/mol. The van der Waals surface area contributed by atoms with Crippen molar-refractivity contribution < 1.29 is 4.74 Å². The van der Waals surface area contributed by atoms with Crippen LogP contribution >= 0.6 is 0 Å². The first-order chi connectivity index (χ1) is 6.31. The van der Waals surface area contributed by atoms with E-state index in [0.717, 1.165) is 6.61 Å². The fraction of sp³-hybridized carbons (Fsp3) is 1.00. The van der Waals surface area contributed by atoms with Gasteiger partial charge in [0.2, 0.25) is 0 Å². The number of ether oxygens (including phenoxy) is 1. The van der Waals surface area contributed by atoms with Gasteiger partial charge < -0.3 is 4.74 Å². The van der Waals surface area contributed by atoms with Crippen LogP contribution in [0.3, 0.4) is 0 Å². The molecule has 76 valence electrons.